The van der Waals surface area contributed by atoms with Crippen LogP contribution in [0.15, 0.2) is 91.0 Å². The van der Waals surface area contributed by atoms with Gasteiger partial charge in [0, 0.05) is 11.1 Å². The summed E-state index contributed by atoms with van der Waals surface area (Å²) in [7, 11) is 0. The van der Waals surface area contributed by atoms with Crippen LogP contribution in [0.1, 0.15) is 34.8 Å². The summed E-state index contributed by atoms with van der Waals surface area (Å²) in [5.41, 5.74) is 5.41. The summed E-state index contributed by atoms with van der Waals surface area (Å²) < 4.78 is 11.4. The lowest BCUT2D eigenvalue weighted by Crippen LogP contribution is -2.20. The zero-order valence-corrected chi connectivity index (χ0v) is 18.9. The van der Waals surface area contributed by atoms with E-state index in [1.165, 1.54) is 0 Å². The minimum absolute atomic E-state index is 0.171. The zero-order chi connectivity index (χ0) is 23.5. The van der Waals surface area contributed by atoms with E-state index in [-0.39, 0.29) is 18.2 Å². The Balaban J connectivity index is 1.79. The van der Waals surface area contributed by atoms with Crippen molar-refractivity contribution in [2.45, 2.75) is 19.8 Å². The lowest BCUT2D eigenvalue weighted by Gasteiger charge is -2.25. The molecule has 0 amide bonds. The summed E-state index contributed by atoms with van der Waals surface area (Å²) in [4.78, 5) is 26.2. The molecule has 0 saturated heterocycles. The third-order valence-electron chi connectivity index (χ3n) is 6.00. The second kappa shape index (κ2) is 9.36. The molecule has 1 aliphatic heterocycles. The average molecular weight is 449 g/mol. The maximum atomic E-state index is 13.8. The number of carbonyl (C=O) groups is 2. The number of benzene rings is 4. The van der Waals surface area contributed by atoms with Gasteiger partial charge in [-0.25, -0.2) is 0 Å². The van der Waals surface area contributed by atoms with E-state index in [4.69, 9.17) is 9.47 Å². The highest BCUT2D eigenvalue weighted by molar-refractivity contribution is 6.16. The molecule has 1 heterocycles. The summed E-state index contributed by atoms with van der Waals surface area (Å²) in [5.74, 6) is 0.637. The Morgan fingerprint density at radius 2 is 1.47 bits per heavy atom. The number of ketones is 1. The van der Waals surface area contributed by atoms with E-state index in [2.05, 4.69) is 6.07 Å². The van der Waals surface area contributed by atoms with Crippen LogP contribution in [0.2, 0.25) is 0 Å². The summed E-state index contributed by atoms with van der Waals surface area (Å²) in [6.07, 6.45) is 0.811. The predicted octanol–water partition coefficient (Wildman–Crippen LogP) is 6.50. The molecule has 4 nitrogen and oxygen atoms in total. The minimum atomic E-state index is -0.322. The number of fused-ring (bicyclic) bond motifs is 1. The van der Waals surface area contributed by atoms with Crippen molar-refractivity contribution in [3.05, 3.63) is 108 Å². The molecule has 0 aromatic heterocycles. The largest absolute Gasteiger partial charge is 0.494 e. The molecule has 0 fully saturated rings. The van der Waals surface area contributed by atoms with Gasteiger partial charge in [0.05, 0.1) is 18.6 Å². The highest BCUT2D eigenvalue weighted by atomic mass is 16.5. The first-order chi connectivity index (χ1) is 16.7. The number of ether oxygens (including phenoxy) is 2. The van der Waals surface area contributed by atoms with Crippen LogP contribution < -0.4 is 9.47 Å². The van der Waals surface area contributed by atoms with Crippen molar-refractivity contribution in [3.63, 3.8) is 0 Å². The molecular formula is C30H24O4. The number of carbonyl (C=O) groups excluding carboxylic acids is 2. The van der Waals surface area contributed by atoms with Crippen LogP contribution in [0.5, 0.6) is 11.5 Å². The molecule has 0 saturated carbocycles. The molecule has 4 aromatic carbocycles. The van der Waals surface area contributed by atoms with E-state index < -0.39 is 0 Å². The van der Waals surface area contributed by atoms with Crippen molar-refractivity contribution in [3.8, 4) is 33.8 Å². The molecule has 1 aliphatic rings. The van der Waals surface area contributed by atoms with Gasteiger partial charge in [-0.3, -0.25) is 9.59 Å². The van der Waals surface area contributed by atoms with Gasteiger partial charge >= 0.3 is 5.97 Å². The fourth-order valence-electron chi connectivity index (χ4n) is 4.41. The zero-order valence-electron chi connectivity index (χ0n) is 18.9. The smallest absolute Gasteiger partial charge is 0.311 e. The Labute approximate surface area is 198 Å². The maximum absolute atomic E-state index is 13.8. The quantitative estimate of drug-likeness (QED) is 0.192. The molecule has 4 heteroatoms. The van der Waals surface area contributed by atoms with Crippen LogP contribution in [0, 0.1) is 0 Å². The fraction of sp³-hybridized carbons (Fsp3) is 0.133. The number of esters is 1. The van der Waals surface area contributed by atoms with Crippen LogP contribution in [0.25, 0.3) is 22.3 Å². The first-order valence-corrected chi connectivity index (χ1v) is 11.4. The highest BCUT2D eigenvalue weighted by Crippen LogP contribution is 2.44. The Bertz CT molecular complexity index is 1340. The first kappa shape index (κ1) is 21.7. The molecule has 5 rings (SSSR count). The lowest BCUT2D eigenvalue weighted by molar-refractivity contribution is -0.135. The number of hydrogen-bond acceptors (Lipinski definition) is 4. The van der Waals surface area contributed by atoms with Gasteiger partial charge < -0.3 is 9.47 Å². The summed E-state index contributed by atoms with van der Waals surface area (Å²) in [6.45, 7) is 2.51. The first-order valence-electron chi connectivity index (χ1n) is 11.4. The average Bonchev–Trinajstić information content (AvgIpc) is 2.89. The Hall–Kier alpha value is -4.18. The summed E-state index contributed by atoms with van der Waals surface area (Å²) in [5, 5.41) is 0. The third-order valence-corrected chi connectivity index (χ3v) is 6.00. The number of rotatable bonds is 6. The van der Waals surface area contributed by atoms with Crippen molar-refractivity contribution in [1.82, 2.24) is 0 Å². The molecule has 168 valence electrons. The van der Waals surface area contributed by atoms with Crippen molar-refractivity contribution in [1.29, 1.82) is 0 Å². The van der Waals surface area contributed by atoms with Crippen LogP contribution in [-0.2, 0) is 11.2 Å². The Morgan fingerprint density at radius 1 is 0.824 bits per heavy atom. The molecule has 0 spiro atoms. The minimum Gasteiger partial charge on any atom is -0.494 e. The molecule has 0 radical (unpaired) electrons. The third kappa shape index (κ3) is 4.11. The van der Waals surface area contributed by atoms with Crippen LogP contribution in [-0.4, -0.2) is 18.4 Å². The van der Waals surface area contributed by atoms with Gasteiger partial charge in [0.15, 0.2) is 5.78 Å². The van der Waals surface area contributed by atoms with Crippen molar-refractivity contribution >= 4 is 11.8 Å². The molecule has 4 aromatic rings. The van der Waals surface area contributed by atoms with E-state index in [0.717, 1.165) is 33.6 Å². The van der Waals surface area contributed by atoms with E-state index in [1.807, 2.05) is 79.7 Å². The SMILES string of the molecule is CCOc1ccc(-c2cc(-c3ccccc3)c3c(c2C(=O)c2ccccc2)OC(=O)CC3)cc1. The molecule has 34 heavy (non-hydrogen) atoms. The van der Waals surface area contributed by atoms with Crippen LogP contribution in [0.4, 0.5) is 0 Å². The lowest BCUT2D eigenvalue weighted by atomic mass is 9.84. The monoisotopic (exact) mass is 448 g/mol. The molecule has 0 bridgehead atoms. The number of hydrogen-bond donors (Lipinski definition) is 0. The topological polar surface area (TPSA) is 52.6 Å². The van der Waals surface area contributed by atoms with Crippen molar-refractivity contribution in [2.24, 2.45) is 0 Å². The molecule has 0 N–H and O–H groups in total. The standard InChI is InChI=1S/C30H24O4/c1-2-33-23-15-13-21(14-16-23)26-19-25(20-9-5-3-6-10-20)24-17-18-27(31)34-30(24)28(26)29(32)22-11-7-4-8-12-22/h3-16,19H,2,17-18H2,1H3. The Kier molecular flexibility index (Phi) is 5.96. The second-order valence-corrected chi connectivity index (χ2v) is 8.15. The van der Waals surface area contributed by atoms with E-state index in [0.29, 0.717) is 29.9 Å². The molecular weight excluding hydrogens is 424 g/mol. The van der Waals surface area contributed by atoms with Crippen LogP contribution >= 0.6 is 0 Å². The molecule has 0 atom stereocenters. The van der Waals surface area contributed by atoms with Gasteiger partial charge in [0.2, 0.25) is 0 Å². The van der Waals surface area contributed by atoms with Crippen molar-refractivity contribution in [2.75, 3.05) is 6.61 Å². The van der Waals surface area contributed by atoms with Gasteiger partial charge in [-0.1, -0.05) is 72.8 Å². The normalized spacial score (nSPS) is 12.6. The van der Waals surface area contributed by atoms with E-state index >= 15 is 0 Å². The van der Waals surface area contributed by atoms with E-state index in [9.17, 15) is 9.59 Å². The van der Waals surface area contributed by atoms with Gasteiger partial charge in [-0.05, 0) is 53.8 Å². The molecule has 0 aliphatic carbocycles. The van der Waals surface area contributed by atoms with Crippen LogP contribution in [0.3, 0.4) is 0 Å². The second-order valence-electron chi connectivity index (χ2n) is 8.15. The summed E-state index contributed by atoms with van der Waals surface area (Å²) >= 11 is 0. The highest BCUT2D eigenvalue weighted by Gasteiger charge is 2.30. The Morgan fingerprint density at radius 3 is 2.15 bits per heavy atom. The van der Waals surface area contributed by atoms with Gasteiger partial charge in [0.1, 0.15) is 11.5 Å². The fourth-order valence-corrected chi connectivity index (χ4v) is 4.41. The summed E-state index contributed by atoms with van der Waals surface area (Å²) in [6, 6.07) is 28.8. The molecule has 0 unspecified atom stereocenters. The van der Waals surface area contributed by atoms with E-state index in [1.54, 1.807) is 12.1 Å². The van der Waals surface area contributed by atoms with Gasteiger partial charge in [0.25, 0.3) is 0 Å². The maximum Gasteiger partial charge on any atom is 0.311 e. The van der Waals surface area contributed by atoms with Gasteiger partial charge in [-0.2, -0.15) is 0 Å². The predicted molar refractivity (Wildman–Crippen MR) is 132 cm³/mol. The van der Waals surface area contributed by atoms with Crippen molar-refractivity contribution < 1.29 is 19.1 Å². The van der Waals surface area contributed by atoms with Gasteiger partial charge in [-0.15, -0.1) is 0 Å².